The largest absolute Gasteiger partial charge is 0.342 e. The van der Waals surface area contributed by atoms with Gasteiger partial charge < -0.3 is 9.80 Å². The second-order valence-electron chi connectivity index (χ2n) is 7.94. The Bertz CT molecular complexity index is 723. The van der Waals surface area contributed by atoms with E-state index in [2.05, 4.69) is 10.00 Å². The van der Waals surface area contributed by atoms with Gasteiger partial charge in [0.15, 0.2) is 0 Å². The van der Waals surface area contributed by atoms with Crippen LogP contribution in [0.5, 0.6) is 0 Å². The van der Waals surface area contributed by atoms with Gasteiger partial charge in [0, 0.05) is 63.6 Å². The van der Waals surface area contributed by atoms with Crippen molar-refractivity contribution in [1.82, 2.24) is 24.5 Å². The Balaban J connectivity index is 1.47. The number of nitrogens with zero attached hydrogens (tertiary/aromatic N) is 5. The molecule has 2 aliphatic heterocycles. The molecule has 2 fully saturated rings. The molecular formula is C21H33N5O2. The number of amides is 2. The quantitative estimate of drug-likeness (QED) is 0.737. The zero-order chi connectivity index (χ0) is 20.1. The van der Waals surface area contributed by atoms with E-state index in [1.165, 1.54) is 12.8 Å². The third kappa shape index (κ3) is 5.01. The molecule has 0 saturated carbocycles. The summed E-state index contributed by atoms with van der Waals surface area (Å²) in [6.45, 7) is 9.08. The average molecular weight is 388 g/mol. The number of aryl methyl sites for hydroxylation is 2. The van der Waals surface area contributed by atoms with Gasteiger partial charge in [0.2, 0.25) is 11.8 Å². The summed E-state index contributed by atoms with van der Waals surface area (Å²) < 4.78 is 1.83. The van der Waals surface area contributed by atoms with Gasteiger partial charge in [-0.3, -0.25) is 19.2 Å². The van der Waals surface area contributed by atoms with E-state index in [0.717, 1.165) is 56.0 Å². The van der Waals surface area contributed by atoms with Gasteiger partial charge in [-0.2, -0.15) is 5.10 Å². The molecule has 2 aliphatic rings. The predicted octanol–water partition coefficient (Wildman–Crippen LogP) is 1.60. The number of carbonyl (C=O) groups is 2. The van der Waals surface area contributed by atoms with Crippen LogP contribution in [0, 0.1) is 13.8 Å². The zero-order valence-corrected chi connectivity index (χ0v) is 17.5. The van der Waals surface area contributed by atoms with Crippen LogP contribution < -0.4 is 0 Å². The molecule has 0 atom stereocenters. The van der Waals surface area contributed by atoms with Crippen LogP contribution in [0.15, 0.2) is 6.08 Å². The zero-order valence-electron chi connectivity index (χ0n) is 17.5. The number of piperazine rings is 1. The van der Waals surface area contributed by atoms with Crippen molar-refractivity contribution in [3.8, 4) is 0 Å². The van der Waals surface area contributed by atoms with Gasteiger partial charge in [-0.25, -0.2) is 0 Å². The summed E-state index contributed by atoms with van der Waals surface area (Å²) in [5.41, 5.74) is 3.00. The van der Waals surface area contributed by atoms with Crippen LogP contribution in [-0.4, -0.2) is 82.1 Å². The van der Waals surface area contributed by atoms with Crippen LogP contribution in [0.25, 0.3) is 6.08 Å². The van der Waals surface area contributed by atoms with Crippen LogP contribution in [0.1, 0.15) is 42.6 Å². The lowest BCUT2D eigenvalue weighted by Crippen LogP contribution is -2.51. The third-order valence-corrected chi connectivity index (χ3v) is 5.96. The molecule has 7 nitrogen and oxygen atoms in total. The number of likely N-dealkylation sites (tertiary alicyclic amines) is 1. The molecule has 154 valence electrons. The standard InChI is InChI=1S/C21H33N5O2/c1-17-19(18(2)23(3)22-17)8-9-20(27)26-14-12-24(13-15-26)16-21(28)25-10-6-4-5-7-11-25/h8-9H,4-7,10-16H2,1-3H3/b9-8+. The summed E-state index contributed by atoms with van der Waals surface area (Å²) in [6, 6.07) is 0. The summed E-state index contributed by atoms with van der Waals surface area (Å²) in [4.78, 5) is 31.1. The Labute approximate surface area is 168 Å². The second kappa shape index (κ2) is 9.37. The van der Waals surface area contributed by atoms with E-state index in [9.17, 15) is 9.59 Å². The van der Waals surface area contributed by atoms with Crippen LogP contribution in [0.4, 0.5) is 0 Å². The SMILES string of the molecule is Cc1nn(C)c(C)c1/C=C/C(=O)N1CCN(CC(=O)N2CCCCCC2)CC1. The first-order valence-corrected chi connectivity index (χ1v) is 10.4. The highest BCUT2D eigenvalue weighted by Gasteiger charge is 2.23. The van der Waals surface area contributed by atoms with Gasteiger partial charge >= 0.3 is 0 Å². The van der Waals surface area contributed by atoms with Crippen LogP contribution in [0.2, 0.25) is 0 Å². The fourth-order valence-corrected chi connectivity index (χ4v) is 4.03. The lowest BCUT2D eigenvalue weighted by atomic mass is 10.2. The molecule has 3 heterocycles. The summed E-state index contributed by atoms with van der Waals surface area (Å²) in [6.07, 6.45) is 8.23. The maximum absolute atomic E-state index is 12.5. The lowest BCUT2D eigenvalue weighted by molar-refractivity contribution is -0.133. The van der Waals surface area contributed by atoms with Crippen molar-refractivity contribution >= 4 is 17.9 Å². The molecule has 28 heavy (non-hydrogen) atoms. The lowest BCUT2D eigenvalue weighted by Gasteiger charge is -2.34. The smallest absolute Gasteiger partial charge is 0.246 e. The molecule has 0 spiro atoms. The number of aromatic nitrogens is 2. The van der Waals surface area contributed by atoms with Gasteiger partial charge in [0.1, 0.15) is 0 Å². The molecule has 0 aromatic carbocycles. The molecular weight excluding hydrogens is 354 g/mol. The van der Waals surface area contributed by atoms with E-state index in [1.54, 1.807) is 6.08 Å². The monoisotopic (exact) mass is 387 g/mol. The highest BCUT2D eigenvalue weighted by Crippen LogP contribution is 2.14. The van der Waals surface area contributed by atoms with E-state index >= 15 is 0 Å². The first-order chi connectivity index (χ1) is 13.5. The number of hydrogen-bond donors (Lipinski definition) is 0. The highest BCUT2D eigenvalue weighted by molar-refractivity contribution is 5.92. The van der Waals surface area contributed by atoms with Crippen molar-refractivity contribution in [2.75, 3.05) is 45.8 Å². The van der Waals surface area contributed by atoms with Gasteiger partial charge in [0.25, 0.3) is 0 Å². The Hall–Kier alpha value is -2.15. The molecule has 2 saturated heterocycles. The van der Waals surface area contributed by atoms with E-state index in [4.69, 9.17) is 0 Å². The summed E-state index contributed by atoms with van der Waals surface area (Å²) in [5.74, 6) is 0.269. The summed E-state index contributed by atoms with van der Waals surface area (Å²) in [7, 11) is 1.91. The number of rotatable bonds is 4. The minimum Gasteiger partial charge on any atom is -0.342 e. The Kier molecular flexibility index (Phi) is 6.88. The first-order valence-electron chi connectivity index (χ1n) is 10.4. The molecule has 3 rings (SSSR count). The van der Waals surface area contributed by atoms with E-state index < -0.39 is 0 Å². The maximum atomic E-state index is 12.5. The molecule has 1 aromatic heterocycles. The highest BCUT2D eigenvalue weighted by atomic mass is 16.2. The Morgan fingerprint density at radius 2 is 1.57 bits per heavy atom. The van der Waals surface area contributed by atoms with Crippen LogP contribution >= 0.6 is 0 Å². The molecule has 2 amide bonds. The molecule has 1 aromatic rings. The first kappa shape index (κ1) is 20.6. The van der Waals surface area contributed by atoms with E-state index in [0.29, 0.717) is 19.6 Å². The van der Waals surface area contributed by atoms with Gasteiger partial charge in [-0.05, 0) is 32.8 Å². The average Bonchev–Trinajstić information content (AvgIpc) is 2.89. The van der Waals surface area contributed by atoms with Crippen molar-refractivity contribution in [2.24, 2.45) is 7.05 Å². The minimum atomic E-state index is 0.0288. The molecule has 7 heteroatoms. The van der Waals surface area contributed by atoms with Crippen LogP contribution in [0.3, 0.4) is 0 Å². The fourth-order valence-electron chi connectivity index (χ4n) is 4.03. The van der Waals surface area contributed by atoms with Crippen molar-refractivity contribution in [1.29, 1.82) is 0 Å². The third-order valence-electron chi connectivity index (χ3n) is 5.96. The number of hydrogen-bond acceptors (Lipinski definition) is 4. The molecule has 0 aliphatic carbocycles. The topological polar surface area (TPSA) is 61.7 Å². The van der Waals surface area contributed by atoms with Crippen molar-refractivity contribution in [3.63, 3.8) is 0 Å². The maximum Gasteiger partial charge on any atom is 0.246 e. The van der Waals surface area contributed by atoms with Gasteiger partial charge in [-0.1, -0.05) is 12.8 Å². The van der Waals surface area contributed by atoms with E-state index in [1.807, 2.05) is 41.5 Å². The molecule has 0 bridgehead atoms. The Morgan fingerprint density at radius 1 is 0.929 bits per heavy atom. The number of carbonyl (C=O) groups excluding carboxylic acids is 2. The molecule has 0 unspecified atom stereocenters. The van der Waals surface area contributed by atoms with Crippen LogP contribution in [-0.2, 0) is 16.6 Å². The van der Waals surface area contributed by atoms with Crippen molar-refractivity contribution in [2.45, 2.75) is 39.5 Å². The second-order valence-corrected chi connectivity index (χ2v) is 7.94. The van der Waals surface area contributed by atoms with E-state index in [-0.39, 0.29) is 11.8 Å². The van der Waals surface area contributed by atoms with Crippen molar-refractivity contribution < 1.29 is 9.59 Å². The molecule has 0 radical (unpaired) electrons. The van der Waals surface area contributed by atoms with Gasteiger partial charge in [-0.15, -0.1) is 0 Å². The normalized spacial score (nSPS) is 19.2. The summed E-state index contributed by atoms with van der Waals surface area (Å²) >= 11 is 0. The predicted molar refractivity (Wildman–Crippen MR) is 110 cm³/mol. The minimum absolute atomic E-state index is 0.0288. The summed E-state index contributed by atoms with van der Waals surface area (Å²) in [5, 5.41) is 4.38. The Morgan fingerprint density at radius 3 is 2.14 bits per heavy atom. The van der Waals surface area contributed by atoms with Crippen molar-refractivity contribution in [3.05, 3.63) is 23.0 Å². The molecule has 0 N–H and O–H groups in total. The fraction of sp³-hybridized carbons (Fsp3) is 0.667. The van der Waals surface area contributed by atoms with Gasteiger partial charge in [0.05, 0.1) is 12.2 Å².